The normalized spacial score (nSPS) is 10.9. The van der Waals surface area contributed by atoms with Crippen LogP contribution in [0.5, 0.6) is 5.75 Å². The van der Waals surface area contributed by atoms with Crippen molar-refractivity contribution < 1.29 is 28.2 Å². The molecule has 3 aromatic carbocycles. The zero-order chi connectivity index (χ0) is 20.4. The van der Waals surface area contributed by atoms with Crippen LogP contribution in [-0.2, 0) is 0 Å². The number of nitrogens with one attached hydrogen (secondary N) is 1. The van der Waals surface area contributed by atoms with E-state index < -0.39 is 18.3 Å². The van der Waals surface area contributed by atoms with Gasteiger partial charge in [-0.1, -0.05) is 29.8 Å². The topological polar surface area (TPSA) is 75.6 Å². The first-order chi connectivity index (χ1) is 13.3. The van der Waals surface area contributed by atoms with E-state index in [2.05, 4.69) is 5.32 Å². The van der Waals surface area contributed by atoms with Gasteiger partial charge in [0.15, 0.2) is 0 Å². The SMILES string of the molecule is COc1cc(NC(=O)c2ccc3cc(C(F)F)ccc3c2)c(C(=O)O)cc1Cl. The summed E-state index contributed by atoms with van der Waals surface area (Å²) in [6.07, 6.45) is -2.58. The zero-order valence-corrected chi connectivity index (χ0v) is 15.3. The van der Waals surface area contributed by atoms with Crippen molar-refractivity contribution in [2.45, 2.75) is 6.43 Å². The third-order valence-electron chi connectivity index (χ3n) is 4.15. The number of alkyl halides is 2. The Kier molecular flexibility index (Phi) is 5.46. The van der Waals surface area contributed by atoms with Gasteiger partial charge >= 0.3 is 5.97 Å². The number of benzene rings is 3. The van der Waals surface area contributed by atoms with E-state index >= 15 is 0 Å². The number of hydrogen-bond donors (Lipinski definition) is 2. The molecular weight excluding hydrogens is 392 g/mol. The number of rotatable bonds is 5. The van der Waals surface area contributed by atoms with Crippen LogP contribution in [0, 0.1) is 0 Å². The summed E-state index contributed by atoms with van der Waals surface area (Å²) < 4.78 is 30.7. The van der Waals surface area contributed by atoms with E-state index in [1.807, 2.05) is 0 Å². The molecule has 3 rings (SSSR count). The maximum absolute atomic E-state index is 12.8. The monoisotopic (exact) mass is 405 g/mol. The molecule has 0 aliphatic heterocycles. The summed E-state index contributed by atoms with van der Waals surface area (Å²) in [5, 5.41) is 13.1. The van der Waals surface area contributed by atoms with Gasteiger partial charge in [0.25, 0.3) is 12.3 Å². The molecular formula is C20H14ClF2NO4. The van der Waals surface area contributed by atoms with Crippen LogP contribution in [-0.4, -0.2) is 24.1 Å². The van der Waals surface area contributed by atoms with Crippen LogP contribution in [0.1, 0.15) is 32.7 Å². The number of carboxylic acid groups (broad SMARTS) is 1. The molecule has 0 fully saturated rings. The molecule has 0 bridgehead atoms. The molecule has 1 amide bonds. The Balaban J connectivity index is 1.95. The van der Waals surface area contributed by atoms with Crippen molar-refractivity contribution in [3.63, 3.8) is 0 Å². The fourth-order valence-corrected chi connectivity index (χ4v) is 2.97. The van der Waals surface area contributed by atoms with Crippen LogP contribution in [0.25, 0.3) is 10.8 Å². The number of anilines is 1. The summed E-state index contributed by atoms with van der Waals surface area (Å²) >= 11 is 5.95. The lowest BCUT2D eigenvalue weighted by molar-refractivity contribution is 0.0698. The van der Waals surface area contributed by atoms with E-state index in [0.717, 1.165) is 0 Å². The molecule has 0 aromatic heterocycles. The van der Waals surface area contributed by atoms with E-state index in [0.29, 0.717) is 10.8 Å². The highest BCUT2D eigenvalue weighted by Crippen LogP contribution is 2.32. The number of amides is 1. The fraction of sp³-hybridized carbons (Fsp3) is 0.100. The van der Waals surface area contributed by atoms with Crippen molar-refractivity contribution >= 4 is 39.9 Å². The standard InChI is InChI=1S/C20H14ClF2NO4/c1-28-17-9-16(14(20(26)27)8-15(17)21)24-19(25)13-5-3-10-6-12(18(22)23)4-2-11(10)7-13/h2-9,18H,1H3,(H,24,25)(H,26,27). The Labute approximate surface area is 163 Å². The van der Waals surface area contributed by atoms with Gasteiger partial charge in [0.05, 0.1) is 23.4 Å². The van der Waals surface area contributed by atoms with Crippen LogP contribution >= 0.6 is 11.6 Å². The van der Waals surface area contributed by atoms with Gasteiger partial charge in [-0.15, -0.1) is 0 Å². The maximum atomic E-state index is 12.8. The van der Waals surface area contributed by atoms with Gasteiger partial charge in [-0.25, -0.2) is 13.6 Å². The Bertz CT molecular complexity index is 1090. The van der Waals surface area contributed by atoms with Gasteiger partial charge in [-0.3, -0.25) is 4.79 Å². The molecule has 0 atom stereocenters. The molecule has 0 aliphatic rings. The third-order valence-corrected chi connectivity index (χ3v) is 4.44. The van der Waals surface area contributed by atoms with Gasteiger partial charge in [0.2, 0.25) is 0 Å². The number of carbonyl (C=O) groups is 2. The number of carbonyl (C=O) groups excluding carboxylic acids is 1. The highest BCUT2D eigenvalue weighted by Gasteiger charge is 2.18. The first-order valence-corrected chi connectivity index (χ1v) is 8.42. The average Bonchev–Trinajstić information content (AvgIpc) is 2.67. The molecule has 0 saturated carbocycles. The van der Waals surface area contributed by atoms with Crippen molar-refractivity contribution in [2.24, 2.45) is 0 Å². The number of carboxylic acids is 1. The first kappa shape index (κ1) is 19.6. The van der Waals surface area contributed by atoms with Gasteiger partial charge < -0.3 is 15.2 Å². The van der Waals surface area contributed by atoms with Crippen LogP contribution in [0.3, 0.4) is 0 Å². The summed E-state index contributed by atoms with van der Waals surface area (Å²) in [6, 6.07) is 11.2. The second-order valence-electron chi connectivity index (χ2n) is 5.91. The smallest absolute Gasteiger partial charge is 0.337 e. The van der Waals surface area contributed by atoms with E-state index in [9.17, 15) is 23.5 Å². The van der Waals surface area contributed by atoms with Crippen LogP contribution in [0.4, 0.5) is 14.5 Å². The lowest BCUT2D eigenvalue weighted by Crippen LogP contribution is -2.15. The molecule has 3 aromatic rings. The highest BCUT2D eigenvalue weighted by atomic mass is 35.5. The molecule has 144 valence electrons. The van der Waals surface area contributed by atoms with Crippen molar-refractivity contribution in [1.82, 2.24) is 0 Å². The summed E-state index contributed by atoms with van der Waals surface area (Å²) in [7, 11) is 1.37. The molecule has 5 nitrogen and oxygen atoms in total. The van der Waals surface area contributed by atoms with Gasteiger partial charge in [0.1, 0.15) is 5.75 Å². The zero-order valence-electron chi connectivity index (χ0n) is 14.5. The second kappa shape index (κ2) is 7.82. The number of ether oxygens (including phenoxy) is 1. The molecule has 0 saturated heterocycles. The van der Waals surface area contributed by atoms with Crippen molar-refractivity contribution in [3.05, 3.63) is 70.2 Å². The predicted octanol–water partition coefficient (Wildman–Crippen LogP) is 5.39. The van der Waals surface area contributed by atoms with E-state index in [1.165, 1.54) is 49.6 Å². The lowest BCUT2D eigenvalue weighted by Gasteiger charge is -2.12. The van der Waals surface area contributed by atoms with Crippen LogP contribution < -0.4 is 10.1 Å². The number of hydrogen-bond acceptors (Lipinski definition) is 3. The van der Waals surface area contributed by atoms with E-state index in [-0.39, 0.29) is 33.1 Å². The number of fused-ring (bicyclic) bond motifs is 1. The fourth-order valence-electron chi connectivity index (χ4n) is 2.73. The minimum absolute atomic E-state index is 0.0203. The predicted molar refractivity (Wildman–Crippen MR) is 102 cm³/mol. The quantitative estimate of drug-likeness (QED) is 0.596. The summed E-state index contributed by atoms with van der Waals surface area (Å²) in [5.74, 6) is -1.62. The van der Waals surface area contributed by atoms with E-state index in [4.69, 9.17) is 16.3 Å². The Morgan fingerprint density at radius 1 is 1.07 bits per heavy atom. The Morgan fingerprint density at radius 2 is 1.75 bits per heavy atom. The molecule has 0 aliphatic carbocycles. The molecule has 28 heavy (non-hydrogen) atoms. The Morgan fingerprint density at radius 3 is 2.39 bits per heavy atom. The summed E-state index contributed by atoms with van der Waals surface area (Å²) in [4.78, 5) is 24.0. The third kappa shape index (κ3) is 3.89. The summed E-state index contributed by atoms with van der Waals surface area (Å²) in [5.41, 5.74) is -0.0416. The molecule has 0 radical (unpaired) electrons. The number of methoxy groups -OCH3 is 1. The minimum atomic E-state index is -2.58. The highest BCUT2D eigenvalue weighted by molar-refractivity contribution is 6.32. The van der Waals surface area contributed by atoms with E-state index in [1.54, 1.807) is 6.07 Å². The van der Waals surface area contributed by atoms with Gasteiger partial charge in [-0.05, 0) is 35.0 Å². The van der Waals surface area contributed by atoms with Crippen LogP contribution in [0.15, 0.2) is 48.5 Å². The molecule has 2 N–H and O–H groups in total. The average molecular weight is 406 g/mol. The lowest BCUT2D eigenvalue weighted by atomic mass is 10.0. The first-order valence-electron chi connectivity index (χ1n) is 8.04. The maximum Gasteiger partial charge on any atom is 0.337 e. The van der Waals surface area contributed by atoms with Crippen molar-refractivity contribution in [1.29, 1.82) is 0 Å². The molecule has 0 heterocycles. The molecule has 8 heteroatoms. The van der Waals surface area contributed by atoms with Crippen LogP contribution in [0.2, 0.25) is 5.02 Å². The second-order valence-corrected chi connectivity index (χ2v) is 6.32. The molecule has 0 spiro atoms. The van der Waals surface area contributed by atoms with Crippen molar-refractivity contribution in [3.8, 4) is 5.75 Å². The summed E-state index contributed by atoms with van der Waals surface area (Å²) in [6.45, 7) is 0. The van der Waals surface area contributed by atoms with Crippen molar-refractivity contribution in [2.75, 3.05) is 12.4 Å². The minimum Gasteiger partial charge on any atom is -0.495 e. The van der Waals surface area contributed by atoms with Gasteiger partial charge in [0, 0.05) is 17.2 Å². The van der Waals surface area contributed by atoms with Gasteiger partial charge in [-0.2, -0.15) is 0 Å². The number of aromatic carboxylic acids is 1. The Hall–Kier alpha value is -3.19. The molecule has 0 unspecified atom stereocenters. The number of halogens is 3. The largest absolute Gasteiger partial charge is 0.495 e.